The molecule has 326 valence electrons. The van der Waals surface area contributed by atoms with Crippen LogP contribution in [-0.2, 0) is 42.8 Å². The molecule has 56 heavy (non-hydrogen) atoms. The number of carbonyl (C=O) groups is 3. The summed E-state index contributed by atoms with van der Waals surface area (Å²) in [5.41, 5.74) is 0. The van der Waals surface area contributed by atoms with E-state index in [0.29, 0.717) is 0 Å². The molecule has 0 spiro atoms. The Kier molecular flexibility index (Phi) is 17.6. The van der Waals surface area contributed by atoms with E-state index in [9.17, 15) is 85.9 Å². The zero-order valence-corrected chi connectivity index (χ0v) is 30.4. The number of ether oxygens (including phenoxy) is 6. The van der Waals surface area contributed by atoms with Gasteiger partial charge in [-0.05, 0) is 6.92 Å². The van der Waals surface area contributed by atoms with Crippen LogP contribution in [0.5, 0.6) is 0 Å². The van der Waals surface area contributed by atoms with E-state index in [1.807, 2.05) is 0 Å². The Bertz CT molecular complexity index is 1290. The van der Waals surface area contributed by atoms with Crippen molar-refractivity contribution in [3.05, 3.63) is 0 Å². The Hall–Kier alpha value is -2.35. The number of aliphatic hydroxyl groups excluding tert-OH is 13. The Balaban J connectivity index is 1.95. The van der Waals surface area contributed by atoms with Gasteiger partial charge in [0.1, 0.15) is 79.4 Å². The van der Waals surface area contributed by atoms with Crippen molar-refractivity contribution in [2.24, 2.45) is 0 Å². The summed E-state index contributed by atoms with van der Waals surface area (Å²) in [6, 6.07) is -3.24. The van der Waals surface area contributed by atoms with E-state index in [4.69, 9.17) is 28.4 Å². The summed E-state index contributed by atoms with van der Waals surface area (Å²) in [6.07, 6.45) is -33.6. The van der Waals surface area contributed by atoms with Gasteiger partial charge in [-0.15, -0.1) is 0 Å². The predicted molar refractivity (Wildman–Crippen MR) is 175 cm³/mol. The first-order valence-electron chi connectivity index (χ1n) is 17.5. The standard InChI is InChI=1S/C31H54N2O23/c1-9-18(42)22(46)24(48)28(52-9)55-27-23(47)21(45)16(7-36)53-29(27)54-25(12(5-34)32-10(2)37)20(44)15(41)8-51-31(30(49)50)4-13(39)17(33-11(3)38)26(56-31)19(43)14(40)6-35/h9,12-29,34-36,39-48H,4-8H2,1-3H3,(H,32,37)(H,33,38)(H,49,50)/t9-,12+,13+,14-,15-,16-,17-,18+,19-,20+,21+,22+,23+,24-,25+,26-,27-,28-,29+,31-/m1/s1. The summed E-state index contributed by atoms with van der Waals surface area (Å²) in [4.78, 5) is 36.5. The molecule has 3 saturated heterocycles. The molecule has 0 aromatic heterocycles. The van der Waals surface area contributed by atoms with Gasteiger partial charge in [0.05, 0.1) is 50.7 Å². The molecule has 0 unspecified atom stereocenters. The monoisotopic (exact) mass is 822 g/mol. The number of amides is 2. The lowest BCUT2D eigenvalue weighted by molar-refractivity contribution is -0.373. The molecule has 0 aliphatic carbocycles. The van der Waals surface area contributed by atoms with Crippen LogP contribution in [0.1, 0.15) is 27.2 Å². The minimum Gasteiger partial charge on any atom is -0.477 e. The van der Waals surface area contributed by atoms with E-state index in [1.54, 1.807) is 0 Å². The zero-order chi connectivity index (χ0) is 42.4. The van der Waals surface area contributed by atoms with Crippen LogP contribution >= 0.6 is 0 Å². The second kappa shape index (κ2) is 20.6. The fourth-order valence-electron chi connectivity index (χ4n) is 6.47. The van der Waals surface area contributed by atoms with Gasteiger partial charge in [0.25, 0.3) is 5.79 Å². The first kappa shape index (κ1) is 48.0. The lowest BCUT2D eigenvalue weighted by Gasteiger charge is -2.47. The van der Waals surface area contributed by atoms with Crippen molar-refractivity contribution >= 4 is 17.8 Å². The number of aliphatic hydroxyl groups is 13. The summed E-state index contributed by atoms with van der Waals surface area (Å²) in [7, 11) is 0. The van der Waals surface area contributed by atoms with Crippen LogP contribution in [0.25, 0.3) is 0 Å². The van der Waals surface area contributed by atoms with E-state index >= 15 is 0 Å². The number of nitrogens with one attached hydrogen (secondary N) is 2. The topological polar surface area (TPSA) is 414 Å². The largest absolute Gasteiger partial charge is 0.477 e. The molecular formula is C31H54N2O23. The van der Waals surface area contributed by atoms with Gasteiger partial charge in [-0.1, -0.05) is 0 Å². The molecule has 3 aliphatic heterocycles. The SMILES string of the molecule is CC(=O)N[C@H]1[C@H]([C@H](O)[C@H](O)CO)O[C@@](OC[C@@H](O)[C@H](O)[C@@H](O[C@@H]2O[C@H](CO)[C@H](O)[C@H](O)[C@H]2O[C@H]2O[C@H](C)[C@H](O)[C@H](O)[C@H]2O)[C@H](CO)NC(C)=O)(C(=O)O)C[C@@H]1O. The third-order valence-electron chi connectivity index (χ3n) is 9.60. The van der Waals surface area contributed by atoms with Crippen LogP contribution < -0.4 is 10.6 Å². The summed E-state index contributed by atoms with van der Waals surface area (Å²) < 4.78 is 33.3. The van der Waals surface area contributed by atoms with Gasteiger partial charge in [0, 0.05) is 20.3 Å². The van der Waals surface area contributed by atoms with Crippen molar-refractivity contribution in [3.63, 3.8) is 0 Å². The molecule has 3 rings (SSSR count). The van der Waals surface area contributed by atoms with Gasteiger partial charge in [0.15, 0.2) is 12.6 Å². The number of carbonyl (C=O) groups excluding carboxylic acids is 2. The van der Waals surface area contributed by atoms with Crippen LogP contribution in [0.2, 0.25) is 0 Å². The summed E-state index contributed by atoms with van der Waals surface area (Å²) in [5.74, 6) is -6.54. The Labute approximate surface area is 318 Å². The van der Waals surface area contributed by atoms with Crippen LogP contribution in [-0.4, -0.2) is 238 Å². The third-order valence-corrected chi connectivity index (χ3v) is 9.60. The lowest BCUT2D eigenvalue weighted by Crippen LogP contribution is -2.68. The van der Waals surface area contributed by atoms with Crippen LogP contribution in [0, 0.1) is 0 Å². The molecule has 0 bridgehead atoms. The minimum atomic E-state index is -2.98. The molecule has 2 amide bonds. The molecule has 0 aromatic rings. The van der Waals surface area contributed by atoms with Gasteiger partial charge >= 0.3 is 5.97 Å². The number of rotatable bonds is 18. The van der Waals surface area contributed by atoms with Crippen LogP contribution in [0.15, 0.2) is 0 Å². The third kappa shape index (κ3) is 11.0. The summed E-state index contributed by atoms with van der Waals surface area (Å²) >= 11 is 0. The lowest BCUT2D eigenvalue weighted by atomic mass is 9.88. The fraction of sp³-hybridized carbons (Fsp3) is 0.903. The maximum absolute atomic E-state index is 12.6. The highest BCUT2D eigenvalue weighted by atomic mass is 16.8. The highest BCUT2D eigenvalue weighted by Gasteiger charge is 2.57. The molecule has 0 aromatic carbocycles. The second-order valence-electron chi connectivity index (χ2n) is 13.8. The number of carboxylic acid groups (broad SMARTS) is 1. The molecule has 3 aliphatic rings. The Morgan fingerprint density at radius 3 is 2.00 bits per heavy atom. The molecule has 0 saturated carbocycles. The van der Waals surface area contributed by atoms with Crippen molar-refractivity contribution in [1.29, 1.82) is 0 Å². The second-order valence-corrected chi connectivity index (χ2v) is 13.8. The fourth-order valence-corrected chi connectivity index (χ4v) is 6.47. The Morgan fingerprint density at radius 2 is 1.46 bits per heavy atom. The van der Waals surface area contributed by atoms with E-state index in [-0.39, 0.29) is 0 Å². The van der Waals surface area contributed by atoms with E-state index in [0.717, 1.165) is 13.8 Å². The van der Waals surface area contributed by atoms with Crippen molar-refractivity contribution in [1.82, 2.24) is 10.6 Å². The van der Waals surface area contributed by atoms with E-state index < -0.39 is 173 Å². The highest BCUT2D eigenvalue weighted by Crippen LogP contribution is 2.35. The van der Waals surface area contributed by atoms with Gasteiger partial charge in [0.2, 0.25) is 11.8 Å². The van der Waals surface area contributed by atoms with Crippen LogP contribution in [0.3, 0.4) is 0 Å². The average Bonchev–Trinajstić information content (AvgIpc) is 3.15. The molecule has 0 radical (unpaired) electrons. The highest BCUT2D eigenvalue weighted by molar-refractivity contribution is 5.76. The smallest absolute Gasteiger partial charge is 0.364 e. The van der Waals surface area contributed by atoms with Crippen molar-refractivity contribution in [2.45, 2.75) is 149 Å². The van der Waals surface area contributed by atoms with Gasteiger partial charge in [-0.25, -0.2) is 4.79 Å². The first-order valence-corrected chi connectivity index (χ1v) is 17.5. The van der Waals surface area contributed by atoms with Gasteiger partial charge in [-0.3, -0.25) is 9.59 Å². The normalized spacial score (nSPS) is 39.8. The molecule has 3 heterocycles. The number of hydrogen-bond donors (Lipinski definition) is 16. The van der Waals surface area contributed by atoms with Crippen molar-refractivity contribution in [3.8, 4) is 0 Å². The first-order chi connectivity index (χ1) is 26.1. The van der Waals surface area contributed by atoms with Crippen molar-refractivity contribution in [2.75, 3.05) is 26.4 Å². The average molecular weight is 823 g/mol. The summed E-state index contributed by atoms with van der Waals surface area (Å²) in [5, 5.41) is 151. The predicted octanol–water partition coefficient (Wildman–Crippen LogP) is -9.59. The molecule has 3 fully saturated rings. The van der Waals surface area contributed by atoms with E-state index in [2.05, 4.69) is 10.6 Å². The molecule has 25 nitrogen and oxygen atoms in total. The molecule has 25 heteroatoms. The maximum atomic E-state index is 12.6. The minimum absolute atomic E-state index is 0.769. The molecule has 20 atom stereocenters. The zero-order valence-electron chi connectivity index (χ0n) is 30.4. The number of carboxylic acids is 1. The number of aliphatic carboxylic acids is 1. The molecular weight excluding hydrogens is 768 g/mol. The van der Waals surface area contributed by atoms with E-state index in [1.165, 1.54) is 6.92 Å². The Morgan fingerprint density at radius 1 is 0.821 bits per heavy atom. The number of hydrogen-bond acceptors (Lipinski definition) is 22. The van der Waals surface area contributed by atoms with Gasteiger partial charge in [-0.2, -0.15) is 0 Å². The maximum Gasteiger partial charge on any atom is 0.364 e. The van der Waals surface area contributed by atoms with Crippen molar-refractivity contribution < 1.29 is 114 Å². The van der Waals surface area contributed by atoms with Crippen LogP contribution in [0.4, 0.5) is 0 Å². The quantitative estimate of drug-likeness (QED) is 0.0610. The molecule has 16 N–H and O–H groups in total. The summed E-state index contributed by atoms with van der Waals surface area (Å²) in [6.45, 7) is -0.978. The van der Waals surface area contributed by atoms with Gasteiger partial charge < -0.3 is 111 Å².